The molecule has 7 atom stereocenters. The predicted octanol–water partition coefficient (Wildman–Crippen LogP) is -0.840. The summed E-state index contributed by atoms with van der Waals surface area (Å²) in [6.07, 6.45) is -2.29. The molecule has 3 aliphatic carbocycles. The predicted molar refractivity (Wildman–Crippen MR) is 118 cm³/mol. The summed E-state index contributed by atoms with van der Waals surface area (Å²) in [5.74, 6) is -13.7. The first-order valence-corrected chi connectivity index (χ1v) is 10.9. The van der Waals surface area contributed by atoms with Crippen molar-refractivity contribution in [1.29, 1.82) is 0 Å². The fourth-order valence-corrected chi connectivity index (χ4v) is 6.26. The van der Waals surface area contributed by atoms with Gasteiger partial charge >= 0.3 is 0 Å². The van der Waals surface area contributed by atoms with Gasteiger partial charge in [0.25, 0.3) is 0 Å². The highest BCUT2D eigenvalue weighted by Gasteiger charge is 2.69. The van der Waals surface area contributed by atoms with E-state index in [9.17, 15) is 39.3 Å². The van der Waals surface area contributed by atoms with Gasteiger partial charge in [-0.15, -0.1) is 0 Å². The summed E-state index contributed by atoms with van der Waals surface area (Å²) in [5.41, 5.74) is 8.24. The average molecular weight is 494 g/mol. The molecule has 2 saturated carbocycles. The lowest BCUT2D eigenvalue weighted by molar-refractivity contribution is -0.186. The van der Waals surface area contributed by atoms with Gasteiger partial charge in [0, 0.05) is 20.0 Å². The van der Waals surface area contributed by atoms with E-state index in [1.165, 1.54) is 0 Å². The standard InChI is InChI=1S/C22H24ClN3O8/c1-5-6-4-7-15(27)18(30)11(21(25)33)20(32)22(7,34)19(31)9(6)16(28)10-8(5)14(26(2)3)12(23)13(24)17(10)29/h5-7,9,11,15,27,29,34H,4,24H2,1-3H3,(H2,25,33)/t5-,6+,7-,9?,11?,15+,22-/m0/s1. The summed E-state index contributed by atoms with van der Waals surface area (Å²) >= 11 is 6.37. The van der Waals surface area contributed by atoms with Crippen molar-refractivity contribution in [2.45, 2.75) is 31.0 Å². The number of amides is 1. The molecule has 11 nitrogen and oxygen atoms in total. The van der Waals surface area contributed by atoms with Crippen LogP contribution >= 0.6 is 11.6 Å². The first-order valence-electron chi connectivity index (χ1n) is 10.6. The summed E-state index contributed by atoms with van der Waals surface area (Å²) in [7, 11) is 3.30. The zero-order valence-electron chi connectivity index (χ0n) is 18.5. The van der Waals surface area contributed by atoms with Gasteiger partial charge in [0.15, 0.2) is 40.4 Å². The maximum Gasteiger partial charge on any atom is 0.235 e. The highest BCUT2D eigenvalue weighted by Crippen LogP contribution is 2.57. The summed E-state index contributed by atoms with van der Waals surface area (Å²) < 4.78 is 0. The van der Waals surface area contributed by atoms with Crippen molar-refractivity contribution < 1.29 is 39.3 Å². The number of nitrogens with two attached hydrogens (primary N) is 2. The number of hydrogen-bond donors (Lipinski definition) is 5. The molecule has 1 amide bonds. The third kappa shape index (κ3) is 2.74. The normalized spacial score (nSPS) is 34.9. The van der Waals surface area contributed by atoms with Crippen LogP contribution in [0, 0.1) is 23.7 Å². The van der Waals surface area contributed by atoms with E-state index in [1.54, 1.807) is 25.9 Å². The van der Waals surface area contributed by atoms with Crippen molar-refractivity contribution in [2.24, 2.45) is 29.4 Å². The Bertz CT molecular complexity index is 1200. The molecule has 4 rings (SSSR count). The highest BCUT2D eigenvalue weighted by molar-refractivity contribution is 6.37. The molecule has 1 aromatic rings. The molecule has 0 saturated heterocycles. The molecule has 0 aromatic heterocycles. The lowest BCUT2D eigenvalue weighted by Crippen LogP contribution is -2.72. The summed E-state index contributed by atoms with van der Waals surface area (Å²) in [6, 6.07) is 0. The molecule has 1 aromatic carbocycles. The molecule has 0 heterocycles. The molecule has 0 aliphatic heterocycles. The number of nitrogens with zero attached hydrogens (tertiary/aromatic N) is 1. The van der Waals surface area contributed by atoms with E-state index >= 15 is 0 Å². The molecule has 0 spiro atoms. The number of carbonyl (C=O) groups excluding carboxylic acids is 5. The van der Waals surface area contributed by atoms with E-state index in [-0.39, 0.29) is 22.7 Å². The second-order valence-corrected chi connectivity index (χ2v) is 9.80. The quantitative estimate of drug-likeness (QED) is 0.196. The molecule has 7 N–H and O–H groups in total. The highest BCUT2D eigenvalue weighted by atomic mass is 35.5. The third-order valence-corrected chi connectivity index (χ3v) is 7.95. The fraction of sp³-hybridized carbons (Fsp3) is 0.500. The molecule has 12 heteroatoms. The van der Waals surface area contributed by atoms with Crippen LogP contribution < -0.4 is 16.4 Å². The molecule has 0 radical (unpaired) electrons. The van der Waals surface area contributed by atoms with Crippen molar-refractivity contribution in [3.63, 3.8) is 0 Å². The van der Waals surface area contributed by atoms with Crippen LogP contribution in [0.3, 0.4) is 0 Å². The molecular formula is C22H24ClN3O8. The largest absolute Gasteiger partial charge is 0.505 e. The Morgan fingerprint density at radius 1 is 1.18 bits per heavy atom. The first-order chi connectivity index (χ1) is 15.7. The van der Waals surface area contributed by atoms with Gasteiger partial charge in [-0.25, -0.2) is 0 Å². The number of nitrogen functional groups attached to an aromatic ring is 1. The monoisotopic (exact) mass is 493 g/mol. The smallest absolute Gasteiger partial charge is 0.235 e. The molecule has 2 unspecified atom stereocenters. The van der Waals surface area contributed by atoms with Gasteiger partial charge in [0.05, 0.1) is 27.9 Å². The number of primary amides is 1. The molecule has 182 valence electrons. The number of halogens is 1. The van der Waals surface area contributed by atoms with Crippen molar-refractivity contribution in [1.82, 2.24) is 0 Å². The number of fused-ring (bicyclic) bond motifs is 3. The van der Waals surface area contributed by atoms with Crippen molar-refractivity contribution in [3.8, 4) is 5.75 Å². The van der Waals surface area contributed by atoms with E-state index < -0.39 is 76.1 Å². The first kappa shape index (κ1) is 24.1. The maximum atomic E-state index is 13.6. The third-order valence-electron chi connectivity index (χ3n) is 7.56. The summed E-state index contributed by atoms with van der Waals surface area (Å²) in [6.45, 7) is 1.67. The minimum absolute atomic E-state index is 0.00495. The molecule has 2 fully saturated rings. The van der Waals surface area contributed by atoms with Crippen LogP contribution in [0.25, 0.3) is 0 Å². The van der Waals surface area contributed by atoms with Crippen LogP contribution in [0.15, 0.2) is 0 Å². The maximum absolute atomic E-state index is 13.6. The van der Waals surface area contributed by atoms with E-state index in [0.717, 1.165) is 0 Å². The number of benzene rings is 1. The molecular weight excluding hydrogens is 470 g/mol. The number of carbonyl (C=O) groups is 5. The number of ketones is 4. The minimum Gasteiger partial charge on any atom is -0.505 e. The topological polar surface area (TPSA) is 201 Å². The number of aliphatic hydroxyl groups excluding tert-OH is 1. The van der Waals surface area contributed by atoms with E-state index in [2.05, 4.69) is 0 Å². The number of hydrogen-bond acceptors (Lipinski definition) is 10. The van der Waals surface area contributed by atoms with Crippen LogP contribution in [0.4, 0.5) is 11.4 Å². The van der Waals surface area contributed by atoms with Gasteiger partial charge in [-0.2, -0.15) is 0 Å². The number of Topliss-reactive ketones (excluding diaryl/α,β-unsaturated/α-hetero) is 4. The van der Waals surface area contributed by atoms with Crippen LogP contribution in [-0.4, -0.2) is 70.2 Å². The van der Waals surface area contributed by atoms with Gasteiger partial charge in [0.2, 0.25) is 5.91 Å². The summed E-state index contributed by atoms with van der Waals surface area (Å²) in [5, 5.41) is 32.6. The zero-order valence-corrected chi connectivity index (χ0v) is 19.3. The number of phenols is 1. The Kier molecular flexibility index (Phi) is 5.31. The Morgan fingerprint density at radius 3 is 2.29 bits per heavy atom. The van der Waals surface area contributed by atoms with Crippen LogP contribution in [-0.2, 0) is 19.2 Å². The minimum atomic E-state index is -2.97. The lowest BCUT2D eigenvalue weighted by Gasteiger charge is -2.52. The number of phenolic OH excluding ortho intramolecular Hbond substituents is 1. The van der Waals surface area contributed by atoms with Gasteiger partial charge in [-0.1, -0.05) is 18.5 Å². The Morgan fingerprint density at radius 2 is 1.76 bits per heavy atom. The van der Waals surface area contributed by atoms with E-state index in [1.807, 2.05) is 0 Å². The second kappa shape index (κ2) is 7.49. The zero-order chi connectivity index (χ0) is 25.6. The van der Waals surface area contributed by atoms with Crippen molar-refractivity contribution in [2.75, 3.05) is 24.7 Å². The van der Waals surface area contributed by atoms with E-state index in [4.69, 9.17) is 23.1 Å². The van der Waals surface area contributed by atoms with Crippen LogP contribution in [0.1, 0.15) is 35.2 Å². The number of aromatic hydroxyl groups is 1. The Labute approximate surface area is 198 Å². The number of rotatable bonds is 2. The van der Waals surface area contributed by atoms with Gasteiger partial charge in [-0.05, 0) is 23.8 Å². The molecule has 0 bridgehead atoms. The number of aliphatic hydroxyl groups is 2. The van der Waals surface area contributed by atoms with Crippen LogP contribution in [0.2, 0.25) is 5.02 Å². The van der Waals surface area contributed by atoms with E-state index in [0.29, 0.717) is 11.3 Å². The van der Waals surface area contributed by atoms with Crippen molar-refractivity contribution >= 4 is 52.0 Å². The fourth-order valence-electron chi connectivity index (χ4n) is 5.90. The Balaban J connectivity index is 1.95. The lowest BCUT2D eigenvalue weighted by atomic mass is 9.51. The van der Waals surface area contributed by atoms with Crippen LogP contribution in [0.5, 0.6) is 5.75 Å². The number of anilines is 2. The summed E-state index contributed by atoms with van der Waals surface area (Å²) in [4.78, 5) is 66.0. The average Bonchev–Trinajstić information content (AvgIpc) is 2.75. The van der Waals surface area contributed by atoms with Gasteiger partial charge < -0.3 is 31.7 Å². The second-order valence-electron chi connectivity index (χ2n) is 9.42. The van der Waals surface area contributed by atoms with Gasteiger partial charge in [0.1, 0.15) is 6.10 Å². The SMILES string of the molecule is C[C@@H]1c2c(c(O)c(N)c(Cl)c2N(C)C)C(=O)C2C(=O)[C@]3(O)C(=O)C(C(N)=O)C(=O)[C@H](O)[C@@H]3C[C@@H]21. The molecule has 34 heavy (non-hydrogen) atoms. The molecule has 3 aliphatic rings. The van der Waals surface area contributed by atoms with Crippen molar-refractivity contribution in [3.05, 3.63) is 16.1 Å². The van der Waals surface area contributed by atoms with Gasteiger partial charge in [-0.3, -0.25) is 24.0 Å². The Hall–Kier alpha value is -3.02.